The Morgan fingerprint density at radius 1 is 0.929 bits per heavy atom. The monoisotopic (exact) mass is 579 g/mol. The number of amides is 2. The standard InChI is InChI=1S/C30H39N5O3.C2H6.CH4O/c1-21-18-22(2)26(32-24-10-12-33(13-11-24)27-9-7-6-8-23(27)20-31)19-25(21)28(36)34-14-16-35(17-15-34)29(37)38-30(3,4)5;2*1-2/h6-9,18-19,24,32H,10-17H2,1-5H3;1-2H3;2H,1H3. The zero-order valence-corrected chi connectivity index (χ0v) is 26.7. The van der Waals surface area contributed by atoms with Crippen LogP contribution in [0.25, 0.3) is 0 Å². The van der Waals surface area contributed by atoms with Gasteiger partial charge in [-0.05, 0) is 76.8 Å². The predicted octanol–water partition coefficient (Wildman–Crippen LogP) is 5.58. The number of aryl methyl sites for hydroxylation is 2. The van der Waals surface area contributed by atoms with Gasteiger partial charge in [-0.3, -0.25) is 4.79 Å². The molecule has 4 rings (SSSR count). The summed E-state index contributed by atoms with van der Waals surface area (Å²) in [4.78, 5) is 31.6. The van der Waals surface area contributed by atoms with Crippen molar-refractivity contribution in [3.05, 3.63) is 58.7 Å². The summed E-state index contributed by atoms with van der Waals surface area (Å²) in [5.74, 6) is -0.00248. The van der Waals surface area contributed by atoms with Crippen LogP contribution in [0.15, 0.2) is 36.4 Å². The third-order valence-electron chi connectivity index (χ3n) is 7.24. The van der Waals surface area contributed by atoms with E-state index in [1.165, 1.54) is 0 Å². The Kier molecular flexibility index (Phi) is 13.1. The number of nitrogens with zero attached hydrogens (tertiary/aromatic N) is 4. The van der Waals surface area contributed by atoms with E-state index in [-0.39, 0.29) is 12.0 Å². The van der Waals surface area contributed by atoms with Gasteiger partial charge in [0.2, 0.25) is 0 Å². The Hall–Kier alpha value is -3.77. The van der Waals surface area contributed by atoms with Crippen LogP contribution in [0.4, 0.5) is 16.2 Å². The summed E-state index contributed by atoms with van der Waals surface area (Å²) in [6.07, 6.45) is 1.57. The van der Waals surface area contributed by atoms with Gasteiger partial charge in [-0.25, -0.2) is 4.79 Å². The van der Waals surface area contributed by atoms with Gasteiger partial charge in [0.25, 0.3) is 5.91 Å². The van der Waals surface area contributed by atoms with Gasteiger partial charge in [0.05, 0.1) is 11.3 Å². The Balaban J connectivity index is 0.00000148. The molecule has 2 aliphatic rings. The van der Waals surface area contributed by atoms with Crippen LogP contribution in [0.2, 0.25) is 0 Å². The smallest absolute Gasteiger partial charge is 0.410 e. The van der Waals surface area contributed by atoms with Gasteiger partial charge in [0.15, 0.2) is 0 Å². The normalized spacial score (nSPS) is 15.4. The van der Waals surface area contributed by atoms with Crippen LogP contribution < -0.4 is 10.2 Å². The Morgan fingerprint density at radius 2 is 1.50 bits per heavy atom. The van der Waals surface area contributed by atoms with Crippen molar-refractivity contribution < 1.29 is 19.4 Å². The maximum atomic E-state index is 13.5. The fourth-order valence-corrected chi connectivity index (χ4v) is 5.16. The largest absolute Gasteiger partial charge is 0.444 e. The molecule has 9 heteroatoms. The number of carbonyl (C=O) groups excluding carboxylic acids is 2. The molecule has 2 aliphatic heterocycles. The lowest BCUT2D eigenvalue weighted by atomic mass is 9.99. The highest BCUT2D eigenvalue weighted by Gasteiger charge is 2.29. The molecule has 0 unspecified atom stereocenters. The second kappa shape index (κ2) is 16.0. The number of benzene rings is 2. The number of nitrogens with one attached hydrogen (secondary N) is 1. The molecule has 42 heavy (non-hydrogen) atoms. The van der Waals surface area contributed by atoms with Crippen molar-refractivity contribution in [3.63, 3.8) is 0 Å². The van der Waals surface area contributed by atoms with Crippen LogP contribution >= 0.6 is 0 Å². The summed E-state index contributed by atoms with van der Waals surface area (Å²) >= 11 is 0. The predicted molar refractivity (Wildman–Crippen MR) is 169 cm³/mol. The number of rotatable bonds is 4. The summed E-state index contributed by atoms with van der Waals surface area (Å²) in [5.41, 5.74) is 4.93. The van der Waals surface area contributed by atoms with Gasteiger partial charge < -0.3 is 29.9 Å². The summed E-state index contributed by atoms with van der Waals surface area (Å²) in [6.45, 7) is 17.2. The van der Waals surface area contributed by atoms with Crippen molar-refractivity contribution in [2.45, 2.75) is 73.0 Å². The third-order valence-corrected chi connectivity index (χ3v) is 7.24. The number of nitriles is 1. The molecule has 0 bridgehead atoms. The van der Waals surface area contributed by atoms with Crippen LogP contribution in [0.1, 0.15) is 74.5 Å². The van der Waals surface area contributed by atoms with Crippen molar-refractivity contribution in [3.8, 4) is 6.07 Å². The molecule has 2 N–H and O–H groups in total. The summed E-state index contributed by atoms with van der Waals surface area (Å²) in [6, 6.07) is 14.4. The number of para-hydroxylation sites is 1. The molecular formula is C33H49N5O4. The molecule has 2 heterocycles. The maximum Gasteiger partial charge on any atom is 0.410 e. The van der Waals surface area contributed by atoms with Crippen molar-refractivity contribution >= 4 is 23.4 Å². The van der Waals surface area contributed by atoms with Crippen LogP contribution in [-0.2, 0) is 4.74 Å². The van der Waals surface area contributed by atoms with Crippen molar-refractivity contribution in [1.82, 2.24) is 9.80 Å². The van der Waals surface area contributed by atoms with Gasteiger partial charge in [-0.1, -0.05) is 32.0 Å². The van der Waals surface area contributed by atoms with E-state index in [1.807, 2.05) is 76.8 Å². The van der Waals surface area contributed by atoms with Crippen LogP contribution in [0.5, 0.6) is 0 Å². The molecule has 0 spiro atoms. The highest BCUT2D eigenvalue weighted by molar-refractivity contribution is 5.97. The SMILES string of the molecule is CC.CO.Cc1cc(C)c(C(=O)N2CCN(C(=O)OC(C)(C)C)CC2)cc1NC1CCN(c2ccccc2C#N)CC1. The topological polar surface area (TPSA) is 109 Å². The first-order valence-electron chi connectivity index (χ1n) is 14.9. The second-order valence-corrected chi connectivity index (χ2v) is 11.3. The number of piperidine rings is 1. The first kappa shape index (κ1) is 34.4. The molecule has 0 saturated carbocycles. The van der Waals surface area contributed by atoms with E-state index in [9.17, 15) is 14.9 Å². The first-order valence-corrected chi connectivity index (χ1v) is 14.9. The molecule has 2 aromatic rings. The molecule has 0 atom stereocenters. The number of carbonyl (C=O) groups is 2. The van der Waals surface area contributed by atoms with Gasteiger partial charge in [0.1, 0.15) is 11.7 Å². The molecule has 2 fully saturated rings. The average molecular weight is 580 g/mol. The van der Waals surface area contributed by atoms with Crippen molar-refractivity contribution in [1.29, 1.82) is 5.26 Å². The third kappa shape index (κ3) is 9.12. The molecule has 230 valence electrons. The molecule has 2 saturated heterocycles. The minimum atomic E-state index is -0.538. The molecule has 0 radical (unpaired) electrons. The molecule has 2 amide bonds. The van der Waals surface area contributed by atoms with E-state index in [2.05, 4.69) is 29.3 Å². The second-order valence-electron chi connectivity index (χ2n) is 11.3. The van der Waals surface area contributed by atoms with Crippen molar-refractivity contribution in [2.24, 2.45) is 0 Å². The molecule has 2 aromatic carbocycles. The molecule has 0 aliphatic carbocycles. The lowest BCUT2D eigenvalue weighted by Gasteiger charge is -2.36. The summed E-state index contributed by atoms with van der Waals surface area (Å²) in [5, 5.41) is 20.1. The Labute approximate surface area is 252 Å². The van der Waals surface area contributed by atoms with Crippen LogP contribution in [0, 0.1) is 25.2 Å². The van der Waals surface area contributed by atoms with E-state index in [0.29, 0.717) is 43.3 Å². The van der Waals surface area contributed by atoms with Crippen LogP contribution in [0.3, 0.4) is 0 Å². The van der Waals surface area contributed by atoms with Gasteiger partial charge in [-0.15, -0.1) is 0 Å². The summed E-state index contributed by atoms with van der Waals surface area (Å²) in [7, 11) is 1.00. The number of anilines is 2. The van der Waals surface area contributed by atoms with Gasteiger partial charge >= 0.3 is 6.09 Å². The lowest BCUT2D eigenvalue weighted by molar-refractivity contribution is 0.0140. The van der Waals surface area contributed by atoms with Gasteiger partial charge in [-0.2, -0.15) is 5.26 Å². The maximum absolute atomic E-state index is 13.5. The molecular weight excluding hydrogens is 530 g/mol. The number of aliphatic hydroxyl groups excluding tert-OH is 1. The van der Waals surface area contributed by atoms with E-state index < -0.39 is 5.60 Å². The fourth-order valence-electron chi connectivity index (χ4n) is 5.16. The van der Waals surface area contributed by atoms with E-state index in [0.717, 1.165) is 55.5 Å². The Bertz CT molecular complexity index is 1220. The molecule has 0 aromatic heterocycles. The minimum Gasteiger partial charge on any atom is -0.444 e. The number of hydrogen-bond donors (Lipinski definition) is 2. The zero-order chi connectivity index (χ0) is 31.4. The quantitative estimate of drug-likeness (QED) is 0.486. The number of aliphatic hydroxyl groups is 1. The zero-order valence-electron chi connectivity index (χ0n) is 26.7. The number of hydrogen-bond acceptors (Lipinski definition) is 7. The van der Waals surface area contributed by atoms with E-state index in [4.69, 9.17) is 9.84 Å². The highest BCUT2D eigenvalue weighted by atomic mass is 16.6. The first-order chi connectivity index (χ1) is 20.1. The van der Waals surface area contributed by atoms with Crippen molar-refractivity contribution in [2.75, 3.05) is 56.6 Å². The van der Waals surface area contributed by atoms with E-state index >= 15 is 0 Å². The Morgan fingerprint density at radius 3 is 2.07 bits per heavy atom. The number of ether oxygens (including phenoxy) is 1. The molecule has 9 nitrogen and oxygen atoms in total. The fraction of sp³-hybridized carbons (Fsp3) is 0.545. The van der Waals surface area contributed by atoms with E-state index in [1.54, 1.807) is 4.90 Å². The van der Waals surface area contributed by atoms with Gasteiger partial charge in [0, 0.05) is 63.7 Å². The average Bonchev–Trinajstić information content (AvgIpc) is 3.00. The highest BCUT2D eigenvalue weighted by Crippen LogP contribution is 2.28. The van der Waals surface area contributed by atoms with Crippen LogP contribution in [-0.4, -0.2) is 84.9 Å². The number of piperazine rings is 1. The minimum absolute atomic E-state index is 0.00248. The summed E-state index contributed by atoms with van der Waals surface area (Å²) < 4.78 is 5.48. The lowest BCUT2D eigenvalue weighted by Crippen LogP contribution is -2.51.